The minimum atomic E-state index is -0.643. The van der Waals surface area contributed by atoms with Gasteiger partial charge < -0.3 is 19.5 Å². The lowest BCUT2D eigenvalue weighted by molar-refractivity contribution is -0.126. The van der Waals surface area contributed by atoms with Gasteiger partial charge in [-0.15, -0.1) is 0 Å². The lowest BCUT2D eigenvalue weighted by Gasteiger charge is -2.35. The number of rotatable bonds is 8. The summed E-state index contributed by atoms with van der Waals surface area (Å²) in [6.07, 6.45) is 7.96. The van der Waals surface area contributed by atoms with Crippen LogP contribution in [-0.2, 0) is 4.79 Å². The third kappa shape index (κ3) is 4.97. The van der Waals surface area contributed by atoms with Crippen molar-refractivity contribution in [1.29, 1.82) is 0 Å². The number of carbonyl (C=O) groups excluding carboxylic acids is 2. The van der Waals surface area contributed by atoms with Crippen molar-refractivity contribution < 1.29 is 14.3 Å². The van der Waals surface area contributed by atoms with E-state index in [1.165, 1.54) is 30.9 Å². The number of hydrogen-bond acceptors (Lipinski definition) is 8. The molecule has 1 aliphatic heterocycles. The van der Waals surface area contributed by atoms with Gasteiger partial charge in [0.1, 0.15) is 12.1 Å². The predicted molar refractivity (Wildman–Crippen MR) is 149 cm³/mol. The van der Waals surface area contributed by atoms with Crippen LogP contribution in [-0.4, -0.2) is 75.7 Å². The molecule has 0 spiro atoms. The van der Waals surface area contributed by atoms with Crippen molar-refractivity contribution in [2.24, 2.45) is 10.8 Å². The number of fused-ring (bicyclic) bond motifs is 1. The van der Waals surface area contributed by atoms with Crippen molar-refractivity contribution in [2.75, 3.05) is 43.2 Å². The maximum absolute atomic E-state index is 13.4. The van der Waals surface area contributed by atoms with Crippen LogP contribution in [0.15, 0.2) is 72.4 Å². The van der Waals surface area contributed by atoms with E-state index >= 15 is 0 Å². The van der Waals surface area contributed by atoms with Gasteiger partial charge in [-0.25, -0.2) is 25.8 Å². The average molecular weight is 528 g/mol. The molecule has 12 nitrogen and oxygen atoms in total. The number of benzene rings is 1. The first kappa shape index (κ1) is 25.7. The van der Waals surface area contributed by atoms with Gasteiger partial charge in [0.15, 0.2) is 5.82 Å². The van der Waals surface area contributed by atoms with E-state index in [-0.39, 0.29) is 5.56 Å². The Bertz CT molecular complexity index is 1550. The summed E-state index contributed by atoms with van der Waals surface area (Å²) in [5, 5.41) is 1.63. The quantitative estimate of drug-likeness (QED) is 0.0890. The molecule has 1 aliphatic rings. The highest BCUT2D eigenvalue weighted by atomic mass is 16.5. The Kier molecular flexibility index (Phi) is 7.10. The number of ether oxygens (including phenoxy) is 1. The molecule has 1 aromatic carbocycles. The smallest absolute Gasteiger partial charge is 0.295 e. The molecule has 1 amide bonds. The SMILES string of the molecule is C=C(C)/N=C\N(N)c1ncc(OC)c2c(C(=O)C(=O)N3CCN(c4nccn4-c4ccccc4)CC3)c[nH]c12. The molecule has 0 bridgehead atoms. The lowest BCUT2D eigenvalue weighted by Crippen LogP contribution is -2.51. The van der Waals surface area contributed by atoms with Gasteiger partial charge in [0, 0.05) is 56.2 Å². The van der Waals surface area contributed by atoms with Gasteiger partial charge in [-0.1, -0.05) is 24.8 Å². The number of anilines is 2. The summed E-state index contributed by atoms with van der Waals surface area (Å²) in [6.45, 7) is 7.29. The van der Waals surface area contributed by atoms with E-state index in [9.17, 15) is 9.59 Å². The Hall–Kier alpha value is -4.97. The number of nitrogens with two attached hydrogens (primary N) is 1. The largest absolute Gasteiger partial charge is 0.494 e. The monoisotopic (exact) mass is 527 g/mol. The van der Waals surface area contributed by atoms with Crippen LogP contribution < -0.4 is 20.5 Å². The molecule has 0 aliphatic carbocycles. The number of aromatic amines is 1. The van der Waals surface area contributed by atoms with Crippen molar-refractivity contribution in [2.45, 2.75) is 6.92 Å². The van der Waals surface area contributed by atoms with E-state index in [1.54, 1.807) is 18.0 Å². The van der Waals surface area contributed by atoms with E-state index < -0.39 is 11.7 Å². The van der Waals surface area contributed by atoms with Crippen LogP contribution in [0.3, 0.4) is 0 Å². The first-order valence-corrected chi connectivity index (χ1v) is 12.3. The van der Waals surface area contributed by atoms with E-state index in [0.29, 0.717) is 54.3 Å². The number of methoxy groups -OCH3 is 1. The molecule has 3 aromatic heterocycles. The first-order chi connectivity index (χ1) is 18.9. The second-order valence-electron chi connectivity index (χ2n) is 9.03. The normalized spacial score (nSPS) is 13.7. The number of pyridine rings is 1. The van der Waals surface area contributed by atoms with Crippen LogP contribution in [0.5, 0.6) is 5.75 Å². The fourth-order valence-electron chi connectivity index (χ4n) is 4.54. The van der Waals surface area contributed by atoms with Crippen LogP contribution in [0.2, 0.25) is 0 Å². The second kappa shape index (κ2) is 10.8. The molecule has 0 radical (unpaired) electrons. The minimum Gasteiger partial charge on any atom is -0.494 e. The summed E-state index contributed by atoms with van der Waals surface area (Å²) in [4.78, 5) is 46.4. The van der Waals surface area contributed by atoms with Crippen molar-refractivity contribution in [3.05, 3.63) is 73.0 Å². The van der Waals surface area contributed by atoms with Gasteiger partial charge in [0.2, 0.25) is 5.95 Å². The van der Waals surface area contributed by atoms with Crippen LogP contribution >= 0.6 is 0 Å². The van der Waals surface area contributed by atoms with E-state index in [1.807, 2.05) is 41.1 Å². The molecule has 0 atom stereocenters. The second-order valence-corrected chi connectivity index (χ2v) is 9.03. The number of ketones is 1. The molecular weight excluding hydrogens is 498 g/mol. The highest BCUT2D eigenvalue weighted by Gasteiger charge is 2.31. The van der Waals surface area contributed by atoms with Crippen molar-refractivity contribution in [3.63, 3.8) is 0 Å². The predicted octanol–water partition coefficient (Wildman–Crippen LogP) is 2.53. The van der Waals surface area contributed by atoms with Gasteiger partial charge in [-0.2, -0.15) is 0 Å². The van der Waals surface area contributed by atoms with Crippen LogP contribution in [0, 0.1) is 0 Å². The number of Topliss-reactive ketones (excluding diaryl/α,β-unsaturated/α-hetero) is 1. The highest BCUT2D eigenvalue weighted by Crippen LogP contribution is 2.33. The molecule has 5 rings (SSSR count). The Balaban J connectivity index is 1.34. The minimum absolute atomic E-state index is 0.183. The number of nitrogens with zero attached hydrogens (tertiary/aromatic N) is 7. The van der Waals surface area contributed by atoms with Crippen LogP contribution in [0.4, 0.5) is 11.8 Å². The number of piperazine rings is 1. The van der Waals surface area contributed by atoms with Gasteiger partial charge >= 0.3 is 0 Å². The maximum Gasteiger partial charge on any atom is 0.295 e. The topological polar surface area (TPSA) is 138 Å². The third-order valence-electron chi connectivity index (χ3n) is 6.47. The molecular formula is C27H29N9O3. The number of imidazole rings is 1. The Labute approximate surface area is 225 Å². The molecule has 4 heterocycles. The summed E-state index contributed by atoms with van der Waals surface area (Å²) >= 11 is 0. The third-order valence-corrected chi connectivity index (χ3v) is 6.47. The molecule has 200 valence electrons. The van der Waals surface area contributed by atoms with Crippen molar-refractivity contribution in [1.82, 2.24) is 24.4 Å². The van der Waals surface area contributed by atoms with E-state index in [4.69, 9.17) is 10.6 Å². The molecule has 0 unspecified atom stereocenters. The van der Waals surface area contributed by atoms with Crippen molar-refractivity contribution >= 4 is 40.7 Å². The van der Waals surface area contributed by atoms with E-state index in [2.05, 4.69) is 31.4 Å². The summed E-state index contributed by atoms with van der Waals surface area (Å²) in [6, 6.07) is 9.93. The Morgan fingerprint density at radius 3 is 2.62 bits per heavy atom. The molecule has 1 fully saturated rings. The molecule has 12 heteroatoms. The van der Waals surface area contributed by atoms with Gasteiger partial charge in [-0.3, -0.25) is 14.2 Å². The van der Waals surface area contributed by atoms with Gasteiger partial charge in [0.05, 0.1) is 29.8 Å². The number of amides is 1. The number of allylic oxidation sites excluding steroid dienone is 1. The number of hydrazine groups is 1. The molecule has 4 aromatic rings. The van der Waals surface area contributed by atoms with Gasteiger partial charge in [-0.05, 0) is 19.1 Å². The zero-order valence-electron chi connectivity index (χ0n) is 21.7. The molecule has 39 heavy (non-hydrogen) atoms. The zero-order valence-corrected chi connectivity index (χ0v) is 21.7. The maximum atomic E-state index is 13.4. The fourth-order valence-corrected chi connectivity index (χ4v) is 4.54. The lowest BCUT2D eigenvalue weighted by atomic mass is 10.1. The van der Waals surface area contributed by atoms with Crippen molar-refractivity contribution in [3.8, 4) is 11.4 Å². The molecule has 0 saturated carbocycles. The number of nitrogens with one attached hydrogen (secondary N) is 1. The number of carbonyl (C=O) groups is 2. The Morgan fingerprint density at radius 2 is 1.92 bits per heavy atom. The fraction of sp³-hybridized carbons (Fsp3) is 0.222. The van der Waals surface area contributed by atoms with Gasteiger partial charge in [0.25, 0.3) is 11.7 Å². The number of aliphatic imine (C=N–C) groups is 1. The molecule has 3 N–H and O–H groups in total. The Morgan fingerprint density at radius 1 is 1.18 bits per heavy atom. The summed E-state index contributed by atoms with van der Waals surface area (Å²) < 4.78 is 7.46. The number of para-hydroxylation sites is 1. The first-order valence-electron chi connectivity index (χ1n) is 12.3. The zero-order chi connectivity index (χ0) is 27.5. The average Bonchev–Trinajstić information content (AvgIpc) is 3.63. The number of hydrogen-bond donors (Lipinski definition) is 2. The summed E-state index contributed by atoms with van der Waals surface area (Å²) in [5.41, 5.74) is 2.19. The number of aromatic nitrogens is 4. The van der Waals surface area contributed by atoms with Crippen LogP contribution in [0.25, 0.3) is 16.6 Å². The molecule has 1 saturated heterocycles. The summed E-state index contributed by atoms with van der Waals surface area (Å²) in [7, 11) is 1.47. The van der Waals surface area contributed by atoms with E-state index in [0.717, 1.165) is 11.6 Å². The standard InChI is InChI=1S/C27H29N9O3/c1-18(2)32-17-36(28)25-23-22(21(39-3)16-31-25)20(15-30-23)24(37)26(38)33-11-13-34(14-12-33)27-29-9-10-35(27)19-7-5-4-6-8-19/h4-10,15-17,30H,1,11-14,28H2,2-3H3/b32-17-. The van der Waals surface area contributed by atoms with Crippen LogP contribution in [0.1, 0.15) is 17.3 Å². The number of H-pyrrole nitrogens is 1. The summed E-state index contributed by atoms with van der Waals surface area (Å²) in [5.74, 6) is 6.33. The highest BCUT2D eigenvalue weighted by molar-refractivity contribution is 6.45.